The van der Waals surface area contributed by atoms with Crippen LogP contribution in [0.5, 0.6) is 0 Å². The number of hydrogen-bond acceptors (Lipinski definition) is 5. The van der Waals surface area contributed by atoms with Crippen molar-refractivity contribution in [2.75, 3.05) is 9.58 Å². The van der Waals surface area contributed by atoms with Gasteiger partial charge in [-0.25, -0.2) is 8.42 Å². The number of carbonyl (C=O) groups excluding carboxylic acids is 1. The summed E-state index contributed by atoms with van der Waals surface area (Å²) in [6.07, 6.45) is 3.97. The Balaban J connectivity index is 1.75. The van der Waals surface area contributed by atoms with Gasteiger partial charge in [-0.05, 0) is 49.4 Å². The molecule has 1 heterocycles. The molecule has 1 fully saturated rings. The van der Waals surface area contributed by atoms with Crippen LogP contribution in [0, 0.1) is 5.92 Å². The predicted molar refractivity (Wildman–Crippen MR) is 99.9 cm³/mol. The number of aromatic nitrogens is 1. The van der Waals surface area contributed by atoms with Crippen molar-refractivity contribution >= 4 is 33.3 Å². The van der Waals surface area contributed by atoms with E-state index >= 15 is 0 Å². The average Bonchev–Trinajstić information content (AvgIpc) is 3.35. The minimum atomic E-state index is -3.61. The molecule has 2 aromatic rings. The van der Waals surface area contributed by atoms with Gasteiger partial charge in [0.2, 0.25) is 10.0 Å². The summed E-state index contributed by atoms with van der Waals surface area (Å²) in [7, 11) is -3.61. The maximum Gasteiger partial charge on any atom is 0.248 e. The molecule has 0 amide bonds. The molecule has 0 N–H and O–H groups in total. The van der Waals surface area contributed by atoms with Gasteiger partial charge in [-0.15, -0.1) is 0 Å². The Morgan fingerprint density at radius 3 is 2.54 bits per heavy atom. The Kier molecular flexibility index (Phi) is 5.39. The Labute approximate surface area is 158 Å². The van der Waals surface area contributed by atoms with Gasteiger partial charge < -0.3 is 4.52 Å². The lowest BCUT2D eigenvalue weighted by atomic mass is 10.0. The molecule has 140 valence electrons. The van der Waals surface area contributed by atoms with Gasteiger partial charge in [0.1, 0.15) is 0 Å². The predicted octanol–water partition coefficient (Wildman–Crippen LogP) is 4.12. The highest BCUT2D eigenvalue weighted by Gasteiger charge is 2.32. The molecular formula is C18H21ClN2O4S. The summed E-state index contributed by atoms with van der Waals surface area (Å²) in [5.74, 6) is 0.956. The van der Waals surface area contributed by atoms with Crippen molar-refractivity contribution in [3.63, 3.8) is 0 Å². The van der Waals surface area contributed by atoms with Crippen molar-refractivity contribution in [1.82, 2.24) is 5.16 Å². The van der Waals surface area contributed by atoms with Crippen molar-refractivity contribution < 1.29 is 17.7 Å². The minimum Gasteiger partial charge on any atom is -0.360 e. The Morgan fingerprint density at radius 2 is 1.96 bits per heavy atom. The number of anilines is 1. The topological polar surface area (TPSA) is 80.5 Å². The second-order valence-electron chi connectivity index (χ2n) is 6.97. The molecule has 1 aromatic heterocycles. The van der Waals surface area contributed by atoms with Crippen LogP contribution < -0.4 is 3.82 Å². The first-order valence-electron chi connectivity index (χ1n) is 8.57. The first kappa shape index (κ1) is 18.9. The van der Waals surface area contributed by atoms with Crippen LogP contribution in [0.25, 0.3) is 0 Å². The van der Waals surface area contributed by atoms with E-state index in [1.807, 2.05) is 13.8 Å². The second-order valence-corrected chi connectivity index (χ2v) is 9.44. The molecule has 0 spiro atoms. The summed E-state index contributed by atoms with van der Waals surface area (Å²) >= 11 is 6.02. The van der Waals surface area contributed by atoms with Crippen LogP contribution in [0.4, 0.5) is 5.69 Å². The van der Waals surface area contributed by atoms with Gasteiger partial charge in [0, 0.05) is 23.3 Å². The smallest absolute Gasteiger partial charge is 0.248 e. The van der Waals surface area contributed by atoms with E-state index in [2.05, 4.69) is 5.16 Å². The van der Waals surface area contributed by atoms with E-state index in [-0.39, 0.29) is 23.4 Å². The summed E-state index contributed by atoms with van der Waals surface area (Å²) in [6, 6.07) is 6.18. The van der Waals surface area contributed by atoms with E-state index in [9.17, 15) is 13.2 Å². The van der Waals surface area contributed by atoms with Crippen molar-refractivity contribution in [3.8, 4) is 0 Å². The van der Waals surface area contributed by atoms with Crippen molar-refractivity contribution in [2.24, 2.45) is 5.92 Å². The molecule has 1 aromatic carbocycles. The van der Waals surface area contributed by atoms with Crippen LogP contribution in [0.2, 0.25) is 0 Å². The number of carbonyl (C=O) groups is 1. The highest BCUT2D eigenvalue weighted by atomic mass is 35.5. The van der Waals surface area contributed by atoms with Gasteiger partial charge in [-0.3, -0.25) is 4.79 Å². The maximum atomic E-state index is 12.7. The van der Waals surface area contributed by atoms with Crippen molar-refractivity contribution in [2.45, 2.75) is 39.0 Å². The standard InChI is InChI=1S/C18H21ClN2O4S/c1-12(2)9-10-26(23,24)21(19)15-7-5-13(6-8-15)17(22)16-11-20-25-18(16)14-3-4-14/h5-8,11-12,14H,3-4,9-10H2,1-2H3. The zero-order chi connectivity index (χ0) is 18.9. The highest BCUT2D eigenvalue weighted by molar-refractivity contribution is 7.94. The van der Waals surface area contributed by atoms with E-state index in [0.29, 0.717) is 29.0 Å². The molecule has 1 saturated carbocycles. The van der Waals surface area contributed by atoms with E-state index in [4.69, 9.17) is 16.3 Å². The molecule has 1 aliphatic rings. The molecule has 0 radical (unpaired) electrons. The molecule has 0 aliphatic heterocycles. The summed E-state index contributed by atoms with van der Waals surface area (Å²) in [6.45, 7) is 3.91. The van der Waals surface area contributed by atoms with Crippen molar-refractivity contribution in [3.05, 3.63) is 47.3 Å². The van der Waals surface area contributed by atoms with E-state index in [1.165, 1.54) is 18.3 Å². The summed E-state index contributed by atoms with van der Waals surface area (Å²) in [4.78, 5) is 12.7. The van der Waals surface area contributed by atoms with Crippen molar-refractivity contribution in [1.29, 1.82) is 0 Å². The fourth-order valence-corrected chi connectivity index (χ4v) is 4.26. The molecular weight excluding hydrogens is 376 g/mol. The molecule has 8 heteroatoms. The van der Waals surface area contributed by atoms with E-state index < -0.39 is 10.0 Å². The molecule has 0 unspecified atom stereocenters. The average molecular weight is 397 g/mol. The van der Waals surface area contributed by atoms with Crippen LogP contribution in [0.15, 0.2) is 35.0 Å². The molecule has 0 saturated heterocycles. The van der Waals surface area contributed by atoms with Gasteiger partial charge in [0.25, 0.3) is 0 Å². The Morgan fingerprint density at radius 1 is 1.31 bits per heavy atom. The third kappa shape index (κ3) is 4.10. The number of halogens is 1. The first-order chi connectivity index (χ1) is 12.3. The largest absolute Gasteiger partial charge is 0.360 e. The van der Waals surface area contributed by atoms with Crippen LogP contribution in [0.1, 0.15) is 60.7 Å². The summed E-state index contributed by atoms with van der Waals surface area (Å²) in [5, 5.41) is 3.74. The number of sulfonamides is 1. The lowest BCUT2D eigenvalue weighted by Crippen LogP contribution is -2.25. The molecule has 26 heavy (non-hydrogen) atoms. The van der Waals surface area contributed by atoms with Gasteiger partial charge in [0.15, 0.2) is 11.5 Å². The number of rotatable bonds is 8. The zero-order valence-corrected chi connectivity index (χ0v) is 16.3. The maximum absolute atomic E-state index is 12.7. The molecule has 0 bridgehead atoms. The normalized spacial score (nSPS) is 14.6. The SMILES string of the molecule is CC(C)CCS(=O)(=O)N(Cl)c1ccc(C(=O)c2cnoc2C2CC2)cc1. The number of nitrogens with zero attached hydrogens (tertiary/aromatic N) is 2. The lowest BCUT2D eigenvalue weighted by molar-refractivity contribution is 0.103. The third-order valence-electron chi connectivity index (χ3n) is 4.32. The van der Waals surface area contributed by atoms with Gasteiger partial charge in [0.05, 0.1) is 23.2 Å². The number of ketones is 1. The van der Waals surface area contributed by atoms with E-state index in [1.54, 1.807) is 12.1 Å². The lowest BCUT2D eigenvalue weighted by Gasteiger charge is -2.17. The third-order valence-corrected chi connectivity index (χ3v) is 6.60. The summed E-state index contributed by atoms with van der Waals surface area (Å²) in [5.41, 5.74) is 1.20. The number of benzene rings is 1. The Bertz CT molecular complexity index is 886. The highest BCUT2D eigenvalue weighted by Crippen LogP contribution is 2.42. The van der Waals surface area contributed by atoms with Gasteiger partial charge >= 0.3 is 0 Å². The Hall–Kier alpha value is -1.86. The monoisotopic (exact) mass is 396 g/mol. The fraction of sp³-hybridized carbons (Fsp3) is 0.444. The van der Waals surface area contributed by atoms with Crippen LogP contribution in [-0.4, -0.2) is 25.1 Å². The van der Waals surface area contributed by atoms with Crippen LogP contribution in [0.3, 0.4) is 0 Å². The first-order valence-corrected chi connectivity index (χ1v) is 10.5. The fourth-order valence-electron chi connectivity index (χ4n) is 2.57. The summed E-state index contributed by atoms with van der Waals surface area (Å²) < 4.78 is 30.5. The minimum absolute atomic E-state index is 0.0275. The van der Waals surface area contributed by atoms with Gasteiger partial charge in [-0.2, -0.15) is 3.82 Å². The quantitative estimate of drug-likeness (QED) is 0.495. The zero-order valence-electron chi connectivity index (χ0n) is 14.7. The van der Waals surface area contributed by atoms with Gasteiger partial charge in [-0.1, -0.05) is 19.0 Å². The van der Waals surface area contributed by atoms with Crippen LogP contribution >= 0.6 is 11.8 Å². The molecule has 1 aliphatic carbocycles. The molecule has 0 atom stereocenters. The second kappa shape index (κ2) is 7.40. The van der Waals surface area contributed by atoms with Crippen LogP contribution in [-0.2, 0) is 10.0 Å². The molecule has 3 rings (SSSR count). The van der Waals surface area contributed by atoms with E-state index in [0.717, 1.165) is 16.7 Å². The number of hydrogen-bond donors (Lipinski definition) is 0. The molecule has 6 nitrogen and oxygen atoms in total.